The summed E-state index contributed by atoms with van der Waals surface area (Å²) in [5, 5.41) is 15.1. The maximum Gasteiger partial charge on any atom is 0.319 e. The molecule has 0 radical (unpaired) electrons. The Morgan fingerprint density at radius 2 is 2.11 bits per heavy atom. The van der Waals surface area contributed by atoms with Crippen molar-refractivity contribution in [1.82, 2.24) is 5.32 Å². The van der Waals surface area contributed by atoms with Gasteiger partial charge in [-0.3, -0.25) is 0 Å². The van der Waals surface area contributed by atoms with Crippen LogP contribution >= 0.6 is 0 Å². The van der Waals surface area contributed by atoms with Gasteiger partial charge in [0.05, 0.1) is 6.10 Å². The molecule has 1 aromatic rings. The average Bonchev–Trinajstić information content (AvgIpc) is 2.36. The van der Waals surface area contributed by atoms with Crippen LogP contribution in [0.2, 0.25) is 0 Å². The lowest BCUT2D eigenvalue weighted by atomic mass is 10.1. The predicted molar refractivity (Wildman–Crippen MR) is 78.3 cm³/mol. The predicted octanol–water partition coefficient (Wildman–Crippen LogP) is 2.78. The Bertz CT molecular complexity index is 405. The van der Waals surface area contributed by atoms with Gasteiger partial charge in [-0.2, -0.15) is 0 Å². The SMILES string of the molecule is CCc1cccc(NC(=O)NCC(O)CC(C)C)c1. The molecule has 2 amide bonds. The highest BCUT2D eigenvalue weighted by molar-refractivity contribution is 5.89. The third kappa shape index (κ3) is 6.25. The molecule has 0 saturated carbocycles. The minimum Gasteiger partial charge on any atom is -0.391 e. The minimum absolute atomic E-state index is 0.275. The van der Waals surface area contributed by atoms with Crippen LogP contribution in [-0.4, -0.2) is 23.8 Å². The van der Waals surface area contributed by atoms with Gasteiger partial charge >= 0.3 is 6.03 Å². The van der Waals surface area contributed by atoms with Gasteiger partial charge in [-0.05, 0) is 36.5 Å². The Kier molecular flexibility index (Phi) is 6.36. The fourth-order valence-electron chi connectivity index (χ4n) is 1.88. The van der Waals surface area contributed by atoms with Gasteiger partial charge < -0.3 is 15.7 Å². The van der Waals surface area contributed by atoms with Gasteiger partial charge in [0.2, 0.25) is 0 Å². The molecular formula is C15H24N2O2. The number of amides is 2. The highest BCUT2D eigenvalue weighted by Crippen LogP contribution is 2.10. The topological polar surface area (TPSA) is 61.4 Å². The first-order valence-electron chi connectivity index (χ1n) is 6.83. The quantitative estimate of drug-likeness (QED) is 0.740. The highest BCUT2D eigenvalue weighted by Gasteiger charge is 2.09. The molecule has 0 aliphatic heterocycles. The molecule has 1 rings (SSSR count). The van der Waals surface area contributed by atoms with E-state index in [-0.39, 0.29) is 12.6 Å². The molecule has 106 valence electrons. The summed E-state index contributed by atoms with van der Waals surface area (Å²) in [5.74, 6) is 0.418. The van der Waals surface area contributed by atoms with E-state index < -0.39 is 6.10 Å². The summed E-state index contributed by atoms with van der Waals surface area (Å²) in [6.45, 7) is 6.43. The maximum atomic E-state index is 11.7. The number of hydrogen-bond donors (Lipinski definition) is 3. The van der Waals surface area contributed by atoms with E-state index in [1.54, 1.807) is 0 Å². The number of hydrogen-bond acceptors (Lipinski definition) is 2. The van der Waals surface area contributed by atoms with Crippen molar-refractivity contribution in [1.29, 1.82) is 0 Å². The van der Waals surface area contributed by atoms with Crippen molar-refractivity contribution in [3.8, 4) is 0 Å². The monoisotopic (exact) mass is 264 g/mol. The summed E-state index contributed by atoms with van der Waals surface area (Å²) < 4.78 is 0. The lowest BCUT2D eigenvalue weighted by Gasteiger charge is -2.14. The highest BCUT2D eigenvalue weighted by atomic mass is 16.3. The number of benzene rings is 1. The molecule has 1 atom stereocenters. The molecule has 1 unspecified atom stereocenters. The molecule has 0 fully saturated rings. The number of nitrogens with one attached hydrogen (secondary N) is 2. The second kappa shape index (κ2) is 7.79. The van der Waals surface area contributed by atoms with Crippen molar-refractivity contribution in [3.63, 3.8) is 0 Å². The van der Waals surface area contributed by atoms with Crippen molar-refractivity contribution in [2.45, 2.75) is 39.7 Å². The Hall–Kier alpha value is -1.55. The normalized spacial score (nSPS) is 12.3. The average molecular weight is 264 g/mol. The van der Waals surface area contributed by atoms with E-state index in [9.17, 15) is 9.90 Å². The van der Waals surface area contributed by atoms with Gasteiger partial charge in [0.25, 0.3) is 0 Å². The molecule has 1 aromatic carbocycles. The summed E-state index contributed by atoms with van der Waals surface area (Å²) in [7, 11) is 0. The molecular weight excluding hydrogens is 240 g/mol. The van der Waals surface area contributed by atoms with Crippen LogP contribution < -0.4 is 10.6 Å². The Balaban J connectivity index is 2.38. The first-order valence-corrected chi connectivity index (χ1v) is 6.83. The summed E-state index contributed by atoms with van der Waals surface area (Å²) >= 11 is 0. The van der Waals surface area contributed by atoms with Gasteiger partial charge in [0, 0.05) is 12.2 Å². The second-order valence-electron chi connectivity index (χ2n) is 5.17. The molecule has 0 aliphatic carbocycles. The largest absolute Gasteiger partial charge is 0.391 e. The van der Waals surface area contributed by atoms with Crippen LogP contribution in [0.1, 0.15) is 32.8 Å². The number of aliphatic hydroxyl groups excluding tert-OH is 1. The Labute approximate surface area is 115 Å². The van der Waals surface area contributed by atoms with Crippen LogP contribution in [0.15, 0.2) is 24.3 Å². The van der Waals surface area contributed by atoms with E-state index in [2.05, 4.69) is 17.6 Å². The molecule has 4 nitrogen and oxygen atoms in total. The van der Waals surface area contributed by atoms with Crippen molar-refractivity contribution >= 4 is 11.7 Å². The third-order valence-corrected chi connectivity index (χ3v) is 2.83. The van der Waals surface area contributed by atoms with E-state index >= 15 is 0 Å². The van der Waals surface area contributed by atoms with Gasteiger partial charge in [-0.1, -0.05) is 32.9 Å². The van der Waals surface area contributed by atoms with E-state index in [0.29, 0.717) is 12.3 Å². The van der Waals surface area contributed by atoms with Gasteiger partial charge in [0.15, 0.2) is 0 Å². The molecule has 0 spiro atoms. The second-order valence-corrected chi connectivity index (χ2v) is 5.17. The third-order valence-electron chi connectivity index (χ3n) is 2.83. The number of carbonyl (C=O) groups excluding carboxylic acids is 1. The summed E-state index contributed by atoms with van der Waals surface area (Å²) in [6.07, 6.45) is 1.13. The van der Waals surface area contributed by atoms with E-state index in [0.717, 1.165) is 12.1 Å². The van der Waals surface area contributed by atoms with Gasteiger partial charge in [0.1, 0.15) is 0 Å². The van der Waals surface area contributed by atoms with Crippen molar-refractivity contribution < 1.29 is 9.90 Å². The Morgan fingerprint density at radius 1 is 1.37 bits per heavy atom. The number of aryl methyl sites for hydroxylation is 1. The molecule has 0 aliphatic rings. The first-order chi connectivity index (χ1) is 9.01. The maximum absolute atomic E-state index is 11.7. The Morgan fingerprint density at radius 3 is 2.74 bits per heavy atom. The molecule has 0 aromatic heterocycles. The molecule has 0 bridgehead atoms. The van der Waals surface area contributed by atoms with Crippen LogP contribution in [-0.2, 0) is 6.42 Å². The summed E-state index contributed by atoms with van der Waals surface area (Å²) in [5.41, 5.74) is 1.95. The van der Waals surface area contributed by atoms with Gasteiger partial charge in [-0.15, -0.1) is 0 Å². The zero-order valence-electron chi connectivity index (χ0n) is 11.9. The lowest BCUT2D eigenvalue weighted by molar-refractivity contribution is 0.148. The van der Waals surface area contributed by atoms with E-state index in [4.69, 9.17) is 0 Å². The minimum atomic E-state index is -0.493. The van der Waals surface area contributed by atoms with Crippen LogP contribution in [0.3, 0.4) is 0 Å². The molecule has 4 heteroatoms. The number of rotatable bonds is 6. The zero-order valence-corrected chi connectivity index (χ0v) is 11.9. The summed E-state index contributed by atoms with van der Waals surface area (Å²) in [6, 6.07) is 7.46. The molecule has 0 saturated heterocycles. The molecule has 3 N–H and O–H groups in total. The van der Waals surface area contributed by atoms with Crippen LogP contribution in [0.5, 0.6) is 0 Å². The van der Waals surface area contributed by atoms with Crippen LogP contribution in [0, 0.1) is 5.92 Å². The number of urea groups is 1. The van der Waals surface area contributed by atoms with Crippen molar-refractivity contribution in [2.24, 2.45) is 5.92 Å². The fourth-order valence-corrected chi connectivity index (χ4v) is 1.88. The number of aliphatic hydroxyl groups is 1. The zero-order chi connectivity index (χ0) is 14.3. The lowest BCUT2D eigenvalue weighted by Crippen LogP contribution is -2.35. The molecule has 19 heavy (non-hydrogen) atoms. The van der Waals surface area contributed by atoms with E-state index in [1.165, 1.54) is 5.56 Å². The standard InChI is InChI=1S/C15H24N2O2/c1-4-12-6-5-7-13(9-12)17-15(19)16-10-14(18)8-11(2)3/h5-7,9,11,14,18H,4,8,10H2,1-3H3,(H2,16,17,19). The first kappa shape index (κ1) is 15.5. The van der Waals surface area contributed by atoms with Crippen LogP contribution in [0.4, 0.5) is 10.5 Å². The fraction of sp³-hybridized carbons (Fsp3) is 0.533. The number of anilines is 1. The van der Waals surface area contributed by atoms with Crippen LogP contribution in [0.25, 0.3) is 0 Å². The molecule has 0 heterocycles. The number of carbonyl (C=O) groups is 1. The van der Waals surface area contributed by atoms with Crippen molar-refractivity contribution in [3.05, 3.63) is 29.8 Å². The smallest absolute Gasteiger partial charge is 0.319 e. The van der Waals surface area contributed by atoms with Crippen molar-refractivity contribution in [2.75, 3.05) is 11.9 Å². The van der Waals surface area contributed by atoms with E-state index in [1.807, 2.05) is 38.1 Å². The summed E-state index contributed by atoms with van der Waals surface area (Å²) in [4.78, 5) is 11.7. The van der Waals surface area contributed by atoms with Gasteiger partial charge in [-0.25, -0.2) is 4.79 Å².